The lowest BCUT2D eigenvalue weighted by atomic mass is 10.1. The van der Waals surface area contributed by atoms with Gasteiger partial charge in [-0.3, -0.25) is 4.79 Å². The highest BCUT2D eigenvalue weighted by atomic mass is 35.5. The molecule has 0 spiro atoms. The second kappa shape index (κ2) is 5.20. The van der Waals surface area contributed by atoms with Crippen molar-refractivity contribution in [3.05, 3.63) is 46.3 Å². The van der Waals surface area contributed by atoms with Crippen molar-refractivity contribution >= 4 is 40.6 Å². The van der Waals surface area contributed by atoms with E-state index in [2.05, 4.69) is 15.3 Å². The Kier molecular flexibility index (Phi) is 3.64. The van der Waals surface area contributed by atoms with E-state index in [4.69, 9.17) is 28.9 Å². The number of aromatic nitrogens is 2. The van der Waals surface area contributed by atoms with E-state index >= 15 is 0 Å². The Morgan fingerprint density at radius 1 is 1.28 bits per heavy atom. The molecule has 18 heavy (non-hydrogen) atoms. The first-order chi connectivity index (χ1) is 8.58. The Bertz CT molecular complexity index is 603. The molecule has 0 unspecified atom stereocenters. The average Bonchev–Trinajstić information content (AvgIpc) is 2.32. The van der Waals surface area contributed by atoms with Gasteiger partial charge < -0.3 is 11.1 Å². The molecule has 0 aliphatic carbocycles. The van der Waals surface area contributed by atoms with Crippen LogP contribution in [-0.2, 0) is 0 Å². The first kappa shape index (κ1) is 12.6. The number of hydrogen-bond acceptors (Lipinski definition) is 4. The summed E-state index contributed by atoms with van der Waals surface area (Å²) in [6.45, 7) is 0. The highest BCUT2D eigenvalue weighted by molar-refractivity contribution is 6.34. The fourth-order valence-corrected chi connectivity index (χ4v) is 1.64. The quantitative estimate of drug-likeness (QED) is 0.655. The van der Waals surface area contributed by atoms with E-state index in [1.807, 2.05) is 0 Å². The standard InChI is InChI=1S/C11H8Cl2N4O/c12-7-3-1-2-6(10(7)14)11(18)17-9-4-8(13)15-5-16-9/h1-5H,14H2,(H,15,16,17,18). The monoisotopic (exact) mass is 282 g/mol. The lowest BCUT2D eigenvalue weighted by Crippen LogP contribution is -2.15. The van der Waals surface area contributed by atoms with E-state index in [0.29, 0.717) is 10.8 Å². The van der Waals surface area contributed by atoms with Crippen LogP contribution in [0.25, 0.3) is 0 Å². The number of nitrogens with one attached hydrogen (secondary N) is 1. The molecule has 1 aromatic carbocycles. The van der Waals surface area contributed by atoms with Crippen molar-refractivity contribution in [1.29, 1.82) is 0 Å². The van der Waals surface area contributed by atoms with Crippen LogP contribution in [0.5, 0.6) is 0 Å². The number of nitrogens with two attached hydrogens (primary N) is 1. The van der Waals surface area contributed by atoms with Crippen molar-refractivity contribution in [1.82, 2.24) is 9.97 Å². The Hall–Kier alpha value is -1.85. The lowest BCUT2D eigenvalue weighted by Gasteiger charge is -2.07. The normalized spacial score (nSPS) is 10.1. The topological polar surface area (TPSA) is 80.9 Å². The van der Waals surface area contributed by atoms with Gasteiger partial charge in [-0.25, -0.2) is 9.97 Å². The Morgan fingerprint density at radius 2 is 2.06 bits per heavy atom. The first-order valence-corrected chi connectivity index (χ1v) is 5.66. The highest BCUT2D eigenvalue weighted by Gasteiger charge is 2.12. The van der Waals surface area contributed by atoms with Crippen molar-refractivity contribution < 1.29 is 4.79 Å². The van der Waals surface area contributed by atoms with E-state index < -0.39 is 5.91 Å². The zero-order chi connectivity index (χ0) is 13.1. The number of hydrogen-bond donors (Lipinski definition) is 2. The smallest absolute Gasteiger partial charge is 0.258 e. The number of nitrogens with zero attached hydrogens (tertiary/aromatic N) is 2. The molecule has 1 amide bonds. The Balaban J connectivity index is 2.25. The minimum absolute atomic E-state index is 0.219. The van der Waals surface area contributed by atoms with Crippen LogP contribution in [0.4, 0.5) is 11.5 Å². The Morgan fingerprint density at radius 3 is 2.78 bits per heavy atom. The summed E-state index contributed by atoms with van der Waals surface area (Å²) in [5, 5.41) is 3.11. The maximum absolute atomic E-state index is 11.9. The molecule has 1 heterocycles. The van der Waals surface area contributed by atoms with Crippen molar-refractivity contribution in [3.63, 3.8) is 0 Å². The van der Waals surface area contributed by atoms with Gasteiger partial charge in [0.05, 0.1) is 16.3 Å². The third-order valence-electron chi connectivity index (χ3n) is 2.17. The Labute approximate surface area is 113 Å². The van der Waals surface area contributed by atoms with Crippen LogP contribution in [0.3, 0.4) is 0 Å². The summed E-state index contributed by atoms with van der Waals surface area (Å²) in [5.41, 5.74) is 6.21. The number of nitrogen functional groups attached to an aromatic ring is 1. The predicted octanol–water partition coefficient (Wildman–Crippen LogP) is 2.62. The van der Waals surface area contributed by atoms with Gasteiger partial charge in [0.25, 0.3) is 5.91 Å². The molecule has 0 saturated heterocycles. The maximum atomic E-state index is 11.9. The van der Waals surface area contributed by atoms with Gasteiger partial charge in [0.2, 0.25) is 0 Å². The fourth-order valence-electron chi connectivity index (χ4n) is 1.32. The molecule has 0 aliphatic rings. The van der Waals surface area contributed by atoms with Crippen molar-refractivity contribution in [3.8, 4) is 0 Å². The van der Waals surface area contributed by atoms with Gasteiger partial charge in [0.15, 0.2) is 0 Å². The summed E-state index contributed by atoms with van der Waals surface area (Å²) >= 11 is 11.5. The number of benzene rings is 1. The third kappa shape index (κ3) is 2.69. The molecule has 0 saturated carbocycles. The van der Waals surface area contributed by atoms with Gasteiger partial charge in [0, 0.05) is 6.07 Å². The summed E-state index contributed by atoms with van der Waals surface area (Å²) in [4.78, 5) is 19.5. The van der Waals surface area contributed by atoms with Crippen LogP contribution in [0.2, 0.25) is 10.2 Å². The van der Waals surface area contributed by atoms with Crippen molar-refractivity contribution in [2.24, 2.45) is 0 Å². The van der Waals surface area contributed by atoms with Crippen LogP contribution in [0.15, 0.2) is 30.6 Å². The number of rotatable bonds is 2. The van der Waals surface area contributed by atoms with Crippen molar-refractivity contribution in [2.75, 3.05) is 11.1 Å². The SMILES string of the molecule is Nc1c(Cl)cccc1C(=O)Nc1cc(Cl)ncn1. The summed E-state index contributed by atoms with van der Waals surface area (Å²) in [5.74, 6) is -0.121. The van der Waals surface area contributed by atoms with Crippen LogP contribution in [0.1, 0.15) is 10.4 Å². The minimum Gasteiger partial charge on any atom is -0.397 e. The molecule has 0 atom stereocenters. The molecule has 7 heteroatoms. The number of carbonyl (C=O) groups excluding carboxylic acids is 1. The molecule has 2 rings (SSSR count). The molecule has 92 valence electrons. The summed E-state index contributed by atoms with van der Waals surface area (Å²) in [6, 6.07) is 6.25. The van der Waals surface area contributed by atoms with Crippen LogP contribution >= 0.6 is 23.2 Å². The molecule has 0 bridgehead atoms. The predicted molar refractivity (Wildman–Crippen MR) is 70.9 cm³/mol. The summed E-state index contributed by atoms with van der Waals surface area (Å²) in [6.07, 6.45) is 1.25. The van der Waals surface area contributed by atoms with Crippen LogP contribution < -0.4 is 11.1 Å². The zero-order valence-corrected chi connectivity index (χ0v) is 10.5. The molecule has 2 aromatic rings. The van der Waals surface area contributed by atoms with E-state index in [-0.39, 0.29) is 16.4 Å². The van der Waals surface area contributed by atoms with Gasteiger partial charge in [-0.2, -0.15) is 0 Å². The average molecular weight is 283 g/mol. The second-order valence-corrected chi connectivity index (χ2v) is 4.18. The molecule has 0 aliphatic heterocycles. The molecule has 0 fully saturated rings. The number of carbonyl (C=O) groups is 1. The van der Waals surface area contributed by atoms with E-state index in [1.54, 1.807) is 18.2 Å². The molecule has 1 aromatic heterocycles. The lowest BCUT2D eigenvalue weighted by molar-refractivity contribution is 0.102. The molecular weight excluding hydrogens is 275 g/mol. The number of amides is 1. The number of anilines is 2. The number of halogens is 2. The van der Waals surface area contributed by atoms with E-state index in [1.165, 1.54) is 12.4 Å². The molecule has 0 radical (unpaired) electrons. The maximum Gasteiger partial charge on any atom is 0.258 e. The minimum atomic E-state index is -0.412. The number of para-hydroxylation sites is 1. The van der Waals surface area contributed by atoms with Crippen LogP contribution in [-0.4, -0.2) is 15.9 Å². The van der Waals surface area contributed by atoms with Crippen LogP contribution in [0, 0.1) is 0 Å². The van der Waals surface area contributed by atoms with Gasteiger partial charge >= 0.3 is 0 Å². The zero-order valence-electron chi connectivity index (χ0n) is 9.02. The largest absolute Gasteiger partial charge is 0.397 e. The molecular formula is C11H8Cl2N4O. The van der Waals surface area contributed by atoms with Gasteiger partial charge in [-0.05, 0) is 12.1 Å². The summed E-state index contributed by atoms with van der Waals surface area (Å²) in [7, 11) is 0. The second-order valence-electron chi connectivity index (χ2n) is 3.38. The van der Waals surface area contributed by atoms with Crippen molar-refractivity contribution in [2.45, 2.75) is 0 Å². The van der Waals surface area contributed by atoms with Gasteiger partial charge in [-0.15, -0.1) is 0 Å². The van der Waals surface area contributed by atoms with E-state index in [0.717, 1.165) is 0 Å². The molecule has 5 nitrogen and oxygen atoms in total. The van der Waals surface area contributed by atoms with Gasteiger partial charge in [0.1, 0.15) is 17.3 Å². The molecule has 3 N–H and O–H groups in total. The first-order valence-electron chi connectivity index (χ1n) is 4.91. The third-order valence-corrected chi connectivity index (χ3v) is 2.71. The van der Waals surface area contributed by atoms with E-state index in [9.17, 15) is 4.79 Å². The summed E-state index contributed by atoms with van der Waals surface area (Å²) < 4.78 is 0. The fraction of sp³-hybridized carbons (Fsp3) is 0. The highest BCUT2D eigenvalue weighted by Crippen LogP contribution is 2.23. The van der Waals surface area contributed by atoms with Gasteiger partial charge in [-0.1, -0.05) is 29.3 Å².